The SMILES string of the molecule is CC1(C)CC1NS(=O)(=O)c1cncc(Br)c1. The van der Waals surface area contributed by atoms with Gasteiger partial charge in [-0.2, -0.15) is 0 Å². The zero-order valence-electron chi connectivity index (χ0n) is 9.07. The summed E-state index contributed by atoms with van der Waals surface area (Å²) in [6.07, 6.45) is 3.79. The zero-order valence-corrected chi connectivity index (χ0v) is 11.5. The summed E-state index contributed by atoms with van der Waals surface area (Å²) in [7, 11) is -3.43. The average molecular weight is 305 g/mol. The van der Waals surface area contributed by atoms with Crippen LogP contribution in [0.15, 0.2) is 27.8 Å². The summed E-state index contributed by atoms with van der Waals surface area (Å²) in [5, 5.41) is 0. The first-order valence-corrected chi connectivity index (χ1v) is 7.22. The molecule has 0 aromatic carbocycles. The molecule has 1 aliphatic carbocycles. The molecule has 2 rings (SSSR count). The van der Waals surface area contributed by atoms with Gasteiger partial charge in [0.15, 0.2) is 0 Å². The van der Waals surface area contributed by atoms with Gasteiger partial charge in [-0.15, -0.1) is 0 Å². The molecule has 1 saturated carbocycles. The van der Waals surface area contributed by atoms with Crippen molar-refractivity contribution in [3.63, 3.8) is 0 Å². The summed E-state index contributed by atoms with van der Waals surface area (Å²) >= 11 is 3.20. The first-order chi connectivity index (χ1) is 7.31. The molecule has 0 bridgehead atoms. The second-order valence-electron chi connectivity index (χ2n) is 4.71. The standard InChI is InChI=1S/C10H13BrN2O2S/c1-10(2)4-9(10)13-16(14,15)8-3-7(11)5-12-6-8/h3,5-6,9,13H,4H2,1-2H3. The molecule has 1 aromatic rings. The predicted octanol–water partition coefficient (Wildman–Crippen LogP) is 1.92. The smallest absolute Gasteiger partial charge is 0.242 e. The molecule has 1 heterocycles. The molecule has 6 heteroatoms. The minimum Gasteiger partial charge on any atom is -0.262 e. The van der Waals surface area contributed by atoms with E-state index in [9.17, 15) is 8.42 Å². The number of pyridine rings is 1. The van der Waals surface area contributed by atoms with Crippen LogP contribution >= 0.6 is 15.9 Å². The number of rotatable bonds is 3. The number of nitrogens with one attached hydrogen (secondary N) is 1. The zero-order chi connectivity index (χ0) is 12.0. The van der Waals surface area contributed by atoms with E-state index in [2.05, 4.69) is 25.6 Å². The number of nitrogens with zero attached hydrogens (tertiary/aromatic N) is 1. The predicted molar refractivity (Wildman–Crippen MR) is 64.4 cm³/mol. The lowest BCUT2D eigenvalue weighted by molar-refractivity contribution is 0.554. The molecular weight excluding hydrogens is 292 g/mol. The molecule has 88 valence electrons. The fourth-order valence-electron chi connectivity index (χ4n) is 1.46. The quantitative estimate of drug-likeness (QED) is 0.928. The van der Waals surface area contributed by atoms with Crippen molar-refractivity contribution in [2.75, 3.05) is 0 Å². The van der Waals surface area contributed by atoms with Gasteiger partial charge in [0.1, 0.15) is 4.90 Å². The number of hydrogen-bond acceptors (Lipinski definition) is 3. The van der Waals surface area contributed by atoms with E-state index < -0.39 is 10.0 Å². The van der Waals surface area contributed by atoms with Crippen molar-refractivity contribution in [1.82, 2.24) is 9.71 Å². The molecule has 1 aliphatic rings. The third-order valence-corrected chi connectivity index (χ3v) is 4.67. The second kappa shape index (κ2) is 3.78. The molecule has 0 amide bonds. The number of halogens is 1. The van der Waals surface area contributed by atoms with E-state index in [-0.39, 0.29) is 16.4 Å². The molecule has 0 aliphatic heterocycles. The van der Waals surface area contributed by atoms with Crippen molar-refractivity contribution in [2.24, 2.45) is 5.41 Å². The highest BCUT2D eigenvalue weighted by atomic mass is 79.9. The summed E-state index contributed by atoms with van der Waals surface area (Å²) in [4.78, 5) is 4.05. The largest absolute Gasteiger partial charge is 0.262 e. The summed E-state index contributed by atoms with van der Waals surface area (Å²) in [5.74, 6) is 0. The van der Waals surface area contributed by atoms with E-state index in [0.717, 1.165) is 6.42 Å². The molecule has 0 radical (unpaired) electrons. The molecule has 1 N–H and O–H groups in total. The van der Waals surface area contributed by atoms with Gasteiger partial charge in [0, 0.05) is 22.9 Å². The van der Waals surface area contributed by atoms with Gasteiger partial charge in [0.2, 0.25) is 10.0 Å². The first kappa shape index (κ1) is 12.0. The third-order valence-electron chi connectivity index (χ3n) is 2.80. The lowest BCUT2D eigenvalue weighted by Gasteiger charge is -2.07. The van der Waals surface area contributed by atoms with Crippen LogP contribution in [0.5, 0.6) is 0 Å². The topological polar surface area (TPSA) is 59.1 Å². The fraction of sp³-hybridized carbons (Fsp3) is 0.500. The molecule has 4 nitrogen and oxygen atoms in total. The maximum absolute atomic E-state index is 12.0. The van der Waals surface area contributed by atoms with Crippen LogP contribution < -0.4 is 4.72 Å². The van der Waals surface area contributed by atoms with E-state index >= 15 is 0 Å². The van der Waals surface area contributed by atoms with Gasteiger partial charge in [-0.25, -0.2) is 13.1 Å². The van der Waals surface area contributed by atoms with E-state index in [1.165, 1.54) is 6.20 Å². The van der Waals surface area contributed by atoms with Gasteiger partial charge in [-0.05, 0) is 33.8 Å². The van der Waals surface area contributed by atoms with Crippen LogP contribution in [0.1, 0.15) is 20.3 Å². The van der Waals surface area contributed by atoms with Crippen LogP contribution in [0.2, 0.25) is 0 Å². The molecule has 0 saturated heterocycles. The maximum Gasteiger partial charge on any atom is 0.242 e. The minimum atomic E-state index is -3.43. The van der Waals surface area contributed by atoms with Crippen molar-refractivity contribution in [3.8, 4) is 0 Å². The van der Waals surface area contributed by atoms with Crippen molar-refractivity contribution in [2.45, 2.75) is 31.2 Å². The Bertz CT molecular complexity index is 513. The monoisotopic (exact) mass is 304 g/mol. The minimum absolute atomic E-state index is 0.0384. The van der Waals surface area contributed by atoms with Crippen molar-refractivity contribution in [1.29, 1.82) is 0 Å². The Morgan fingerprint density at radius 2 is 2.12 bits per heavy atom. The Hall–Kier alpha value is -0.460. The van der Waals surface area contributed by atoms with Crippen LogP contribution in [-0.2, 0) is 10.0 Å². The summed E-state index contributed by atoms with van der Waals surface area (Å²) in [6, 6.07) is 1.58. The van der Waals surface area contributed by atoms with Crippen LogP contribution in [0.3, 0.4) is 0 Å². The van der Waals surface area contributed by atoms with Crippen LogP contribution in [0, 0.1) is 5.41 Å². The number of aromatic nitrogens is 1. The summed E-state index contributed by atoms with van der Waals surface area (Å²) in [6.45, 7) is 4.08. The molecule has 1 aromatic heterocycles. The van der Waals surface area contributed by atoms with Gasteiger partial charge < -0.3 is 0 Å². The Morgan fingerprint density at radius 3 is 2.62 bits per heavy atom. The van der Waals surface area contributed by atoms with Crippen molar-refractivity contribution >= 4 is 26.0 Å². The molecular formula is C10H13BrN2O2S. The van der Waals surface area contributed by atoms with E-state index in [0.29, 0.717) is 4.47 Å². The van der Waals surface area contributed by atoms with E-state index in [1.807, 2.05) is 13.8 Å². The Morgan fingerprint density at radius 1 is 1.50 bits per heavy atom. The number of hydrogen-bond donors (Lipinski definition) is 1. The molecule has 1 unspecified atom stereocenters. The molecule has 0 spiro atoms. The van der Waals surface area contributed by atoms with Gasteiger partial charge in [0.25, 0.3) is 0 Å². The maximum atomic E-state index is 12.0. The molecule has 1 fully saturated rings. The molecule has 16 heavy (non-hydrogen) atoms. The van der Waals surface area contributed by atoms with Crippen molar-refractivity contribution in [3.05, 3.63) is 22.9 Å². The van der Waals surface area contributed by atoms with Crippen molar-refractivity contribution < 1.29 is 8.42 Å². The highest BCUT2D eigenvalue weighted by Gasteiger charge is 2.47. The highest BCUT2D eigenvalue weighted by Crippen LogP contribution is 2.45. The summed E-state index contributed by atoms with van der Waals surface area (Å²) in [5.41, 5.74) is 0.0759. The Labute approximate surface area is 104 Å². The van der Waals surface area contributed by atoms with Crippen LogP contribution in [0.25, 0.3) is 0 Å². The lowest BCUT2D eigenvalue weighted by atomic mass is 10.2. The van der Waals surface area contributed by atoms with Gasteiger partial charge in [-0.3, -0.25) is 4.98 Å². The fourth-order valence-corrected chi connectivity index (χ4v) is 3.37. The lowest BCUT2D eigenvalue weighted by Crippen LogP contribution is -2.28. The van der Waals surface area contributed by atoms with Gasteiger partial charge in [-0.1, -0.05) is 13.8 Å². The first-order valence-electron chi connectivity index (χ1n) is 4.94. The highest BCUT2D eigenvalue weighted by molar-refractivity contribution is 9.10. The number of sulfonamides is 1. The third kappa shape index (κ3) is 2.44. The Balaban J connectivity index is 2.20. The van der Waals surface area contributed by atoms with Crippen LogP contribution in [0.4, 0.5) is 0 Å². The average Bonchev–Trinajstić information content (AvgIpc) is 2.72. The van der Waals surface area contributed by atoms with Gasteiger partial charge >= 0.3 is 0 Å². The molecule has 1 atom stereocenters. The summed E-state index contributed by atoms with van der Waals surface area (Å²) < 4.78 is 27.2. The Kier molecular flexibility index (Phi) is 2.84. The van der Waals surface area contributed by atoms with E-state index in [4.69, 9.17) is 0 Å². The normalized spacial score (nSPS) is 23.1. The van der Waals surface area contributed by atoms with Gasteiger partial charge in [0.05, 0.1) is 0 Å². The second-order valence-corrected chi connectivity index (χ2v) is 7.34. The van der Waals surface area contributed by atoms with Crippen LogP contribution in [-0.4, -0.2) is 19.4 Å². The van der Waals surface area contributed by atoms with E-state index in [1.54, 1.807) is 12.3 Å².